The summed E-state index contributed by atoms with van der Waals surface area (Å²) in [7, 11) is 2.15. The molecule has 82 valence electrons. The maximum atomic E-state index is 11.2. The van der Waals surface area contributed by atoms with E-state index in [4.69, 9.17) is 0 Å². The monoisotopic (exact) mass is 198 g/mol. The van der Waals surface area contributed by atoms with Crippen LogP contribution in [-0.4, -0.2) is 47.4 Å². The molecule has 0 radical (unpaired) electrons. The van der Waals surface area contributed by atoms with Crippen molar-refractivity contribution in [2.24, 2.45) is 0 Å². The summed E-state index contributed by atoms with van der Waals surface area (Å²) in [6, 6.07) is 0.527. The molecular formula is C11H22N2O. The number of likely N-dealkylation sites (N-methyl/N-ethyl adjacent to an activating group) is 1. The van der Waals surface area contributed by atoms with Crippen LogP contribution < -0.4 is 0 Å². The van der Waals surface area contributed by atoms with Gasteiger partial charge in [-0.05, 0) is 34.2 Å². The SMILES string of the molecule is CC(=O)N1CC[C@H](N(C)C(C)(C)C)C1. The summed E-state index contributed by atoms with van der Waals surface area (Å²) < 4.78 is 0. The number of carbonyl (C=O) groups is 1. The zero-order valence-corrected chi connectivity index (χ0v) is 10.0. The number of amides is 1. The fourth-order valence-electron chi connectivity index (χ4n) is 1.89. The molecule has 0 aromatic rings. The standard InChI is InChI=1S/C11H22N2O/c1-9(14)13-7-6-10(8-13)12(5)11(2,3)4/h10H,6-8H2,1-5H3/t10-/m0/s1. The summed E-state index contributed by atoms with van der Waals surface area (Å²) in [5, 5.41) is 0. The summed E-state index contributed by atoms with van der Waals surface area (Å²) in [6.45, 7) is 10.1. The third kappa shape index (κ3) is 2.47. The zero-order valence-electron chi connectivity index (χ0n) is 10.0. The molecule has 3 nitrogen and oxygen atoms in total. The van der Waals surface area contributed by atoms with E-state index in [0.29, 0.717) is 6.04 Å². The fraction of sp³-hybridized carbons (Fsp3) is 0.909. The molecule has 1 aliphatic heterocycles. The van der Waals surface area contributed by atoms with Gasteiger partial charge in [0.25, 0.3) is 0 Å². The van der Waals surface area contributed by atoms with Crippen LogP contribution in [0.2, 0.25) is 0 Å². The van der Waals surface area contributed by atoms with Gasteiger partial charge in [0.1, 0.15) is 0 Å². The number of nitrogens with zero attached hydrogens (tertiary/aromatic N) is 2. The van der Waals surface area contributed by atoms with Crippen molar-refractivity contribution >= 4 is 5.91 Å². The Labute approximate surface area is 87.1 Å². The molecule has 14 heavy (non-hydrogen) atoms. The Morgan fingerprint density at radius 1 is 1.43 bits per heavy atom. The molecule has 3 heteroatoms. The number of likely N-dealkylation sites (tertiary alicyclic amines) is 1. The van der Waals surface area contributed by atoms with Crippen molar-refractivity contribution in [3.05, 3.63) is 0 Å². The summed E-state index contributed by atoms with van der Waals surface area (Å²) in [4.78, 5) is 15.5. The largest absolute Gasteiger partial charge is 0.341 e. The molecule has 0 unspecified atom stereocenters. The van der Waals surface area contributed by atoms with Crippen molar-refractivity contribution < 1.29 is 4.79 Å². The molecule has 0 aromatic heterocycles. The van der Waals surface area contributed by atoms with Gasteiger partial charge in [-0.3, -0.25) is 9.69 Å². The lowest BCUT2D eigenvalue weighted by Crippen LogP contribution is -2.46. The van der Waals surface area contributed by atoms with Crippen molar-refractivity contribution in [3.8, 4) is 0 Å². The Bertz CT molecular complexity index is 220. The van der Waals surface area contributed by atoms with E-state index >= 15 is 0 Å². The van der Waals surface area contributed by atoms with Gasteiger partial charge in [-0.25, -0.2) is 0 Å². The van der Waals surface area contributed by atoms with E-state index in [1.807, 2.05) is 4.90 Å². The lowest BCUT2D eigenvalue weighted by atomic mass is 10.0. The van der Waals surface area contributed by atoms with Crippen LogP contribution in [0.3, 0.4) is 0 Å². The first kappa shape index (κ1) is 11.5. The predicted molar refractivity (Wildman–Crippen MR) is 58.2 cm³/mol. The summed E-state index contributed by atoms with van der Waals surface area (Å²) >= 11 is 0. The summed E-state index contributed by atoms with van der Waals surface area (Å²) in [5.41, 5.74) is 0.192. The normalized spacial score (nSPS) is 23.3. The lowest BCUT2D eigenvalue weighted by molar-refractivity contribution is -0.128. The maximum absolute atomic E-state index is 11.2. The molecule has 0 saturated carbocycles. The Hall–Kier alpha value is -0.570. The molecule has 0 bridgehead atoms. The highest BCUT2D eigenvalue weighted by atomic mass is 16.2. The molecule has 0 spiro atoms. The van der Waals surface area contributed by atoms with Crippen LogP contribution >= 0.6 is 0 Å². The molecule has 0 aromatic carbocycles. The van der Waals surface area contributed by atoms with Gasteiger partial charge in [0.05, 0.1) is 0 Å². The smallest absolute Gasteiger partial charge is 0.219 e. The molecule has 1 atom stereocenters. The van der Waals surface area contributed by atoms with Gasteiger partial charge in [-0.1, -0.05) is 0 Å². The molecule has 1 heterocycles. The van der Waals surface area contributed by atoms with Crippen LogP contribution in [0.25, 0.3) is 0 Å². The Morgan fingerprint density at radius 3 is 2.36 bits per heavy atom. The van der Waals surface area contributed by atoms with Gasteiger partial charge in [0, 0.05) is 31.6 Å². The Balaban J connectivity index is 2.54. The molecule has 0 N–H and O–H groups in total. The Kier molecular flexibility index (Phi) is 3.20. The second-order valence-corrected chi connectivity index (χ2v) is 5.19. The summed E-state index contributed by atoms with van der Waals surface area (Å²) in [5.74, 6) is 0.204. The lowest BCUT2D eigenvalue weighted by Gasteiger charge is -2.36. The van der Waals surface area contributed by atoms with Crippen molar-refractivity contribution in [2.45, 2.75) is 45.7 Å². The first-order valence-electron chi connectivity index (χ1n) is 5.31. The van der Waals surface area contributed by atoms with Gasteiger partial charge in [0.15, 0.2) is 0 Å². The topological polar surface area (TPSA) is 23.6 Å². The van der Waals surface area contributed by atoms with Crippen LogP contribution in [0.4, 0.5) is 0 Å². The minimum atomic E-state index is 0.192. The third-order valence-corrected chi connectivity index (χ3v) is 3.21. The highest BCUT2D eigenvalue weighted by Gasteiger charge is 2.31. The van der Waals surface area contributed by atoms with Crippen LogP contribution in [0.1, 0.15) is 34.1 Å². The van der Waals surface area contributed by atoms with Gasteiger partial charge >= 0.3 is 0 Å². The second kappa shape index (κ2) is 3.89. The van der Waals surface area contributed by atoms with Gasteiger partial charge in [-0.2, -0.15) is 0 Å². The second-order valence-electron chi connectivity index (χ2n) is 5.19. The van der Waals surface area contributed by atoms with Gasteiger partial charge in [-0.15, -0.1) is 0 Å². The highest BCUT2D eigenvalue weighted by molar-refractivity contribution is 5.73. The average molecular weight is 198 g/mol. The van der Waals surface area contributed by atoms with Crippen LogP contribution in [0.5, 0.6) is 0 Å². The van der Waals surface area contributed by atoms with E-state index in [-0.39, 0.29) is 11.4 Å². The molecule has 1 aliphatic rings. The van der Waals surface area contributed by atoms with E-state index in [2.05, 4.69) is 32.7 Å². The fourth-order valence-corrected chi connectivity index (χ4v) is 1.89. The first-order chi connectivity index (χ1) is 6.32. The first-order valence-corrected chi connectivity index (χ1v) is 5.31. The maximum Gasteiger partial charge on any atom is 0.219 e. The van der Waals surface area contributed by atoms with E-state index in [1.54, 1.807) is 6.92 Å². The third-order valence-electron chi connectivity index (χ3n) is 3.21. The predicted octanol–water partition coefficient (Wildman–Crippen LogP) is 1.34. The number of hydrogen-bond donors (Lipinski definition) is 0. The molecule has 0 aliphatic carbocycles. The summed E-state index contributed by atoms with van der Waals surface area (Å²) in [6.07, 6.45) is 1.10. The number of rotatable bonds is 1. The van der Waals surface area contributed by atoms with Crippen molar-refractivity contribution in [2.75, 3.05) is 20.1 Å². The average Bonchev–Trinajstić information content (AvgIpc) is 2.48. The van der Waals surface area contributed by atoms with E-state index < -0.39 is 0 Å². The molecule has 1 fully saturated rings. The molecular weight excluding hydrogens is 176 g/mol. The highest BCUT2D eigenvalue weighted by Crippen LogP contribution is 2.21. The zero-order chi connectivity index (χ0) is 10.9. The molecule has 1 amide bonds. The van der Waals surface area contributed by atoms with E-state index in [0.717, 1.165) is 19.5 Å². The number of hydrogen-bond acceptors (Lipinski definition) is 2. The molecule has 1 rings (SSSR count). The minimum Gasteiger partial charge on any atom is -0.341 e. The van der Waals surface area contributed by atoms with Gasteiger partial charge in [0.2, 0.25) is 5.91 Å². The molecule has 1 saturated heterocycles. The van der Waals surface area contributed by atoms with Crippen molar-refractivity contribution in [1.29, 1.82) is 0 Å². The number of carbonyl (C=O) groups excluding carboxylic acids is 1. The Morgan fingerprint density at radius 2 is 2.00 bits per heavy atom. The minimum absolute atomic E-state index is 0.192. The van der Waals surface area contributed by atoms with Crippen LogP contribution in [0, 0.1) is 0 Å². The van der Waals surface area contributed by atoms with Crippen LogP contribution in [-0.2, 0) is 4.79 Å². The van der Waals surface area contributed by atoms with Crippen molar-refractivity contribution in [3.63, 3.8) is 0 Å². The van der Waals surface area contributed by atoms with Gasteiger partial charge < -0.3 is 4.90 Å². The van der Waals surface area contributed by atoms with E-state index in [9.17, 15) is 4.79 Å². The van der Waals surface area contributed by atoms with Crippen molar-refractivity contribution in [1.82, 2.24) is 9.80 Å². The quantitative estimate of drug-likeness (QED) is 0.635. The van der Waals surface area contributed by atoms with Crippen LogP contribution in [0.15, 0.2) is 0 Å². The van der Waals surface area contributed by atoms with E-state index in [1.165, 1.54) is 0 Å².